The fraction of sp³-hybridized carbons (Fsp3) is 0.556. The molecule has 0 radical (unpaired) electrons. The van der Waals surface area contributed by atoms with Gasteiger partial charge in [-0.3, -0.25) is 0 Å². The number of tetrazole rings is 1. The third kappa shape index (κ3) is 2.25. The predicted molar refractivity (Wildman–Crippen MR) is 59.9 cm³/mol. The molecule has 2 heterocycles. The summed E-state index contributed by atoms with van der Waals surface area (Å²) in [5.41, 5.74) is 6.31. The minimum absolute atomic E-state index is 0.0389. The molecule has 2 aromatic rings. The van der Waals surface area contributed by atoms with Gasteiger partial charge in [-0.1, -0.05) is 13.8 Å². The molecule has 0 bridgehead atoms. The van der Waals surface area contributed by atoms with E-state index in [1.807, 2.05) is 12.1 Å². The molecule has 0 aliphatic heterocycles. The van der Waals surface area contributed by atoms with Crippen LogP contribution in [-0.4, -0.2) is 38.3 Å². The van der Waals surface area contributed by atoms with E-state index >= 15 is 0 Å². The lowest BCUT2D eigenvalue weighted by atomic mass is 9.94. The number of hydrogen-bond acceptors (Lipinski definition) is 6. The molecule has 3 N–H and O–H groups in total. The van der Waals surface area contributed by atoms with E-state index in [1.54, 1.807) is 0 Å². The molecular weight excluding hydrogens is 206 g/mol. The molecule has 2 aromatic heterocycles. The predicted octanol–water partition coefficient (Wildman–Crippen LogP) is -0.0839. The van der Waals surface area contributed by atoms with Gasteiger partial charge in [0.1, 0.15) is 5.82 Å². The molecule has 0 atom stereocenters. The maximum absolute atomic E-state index is 5.65. The Bertz CT molecular complexity index is 475. The monoisotopic (exact) mass is 221 g/mol. The van der Waals surface area contributed by atoms with Crippen molar-refractivity contribution in [1.29, 1.82) is 0 Å². The zero-order chi connectivity index (χ0) is 11.6. The zero-order valence-corrected chi connectivity index (χ0v) is 9.38. The van der Waals surface area contributed by atoms with Crippen molar-refractivity contribution in [3.05, 3.63) is 12.1 Å². The highest BCUT2D eigenvalue weighted by molar-refractivity contribution is 5.42. The average molecular weight is 221 g/mol. The number of aromatic nitrogens is 5. The molecule has 0 aliphatic rings. The van der Waals surface area contributed by atoms with E-state index in [0.29, 0.717) is 12.2 Å². The number of rotatable bonds is 4. The highest BCUT2D eigenvalue weighted by Crippen LogP contribution is 2.13. The van der Waals surface area contributed by atoms with E-state index < -0.39 is 0 Å². The smallest absolute Gasteiger partial charge is 0.200 e. The van der Waals surface area contributed by atoms with Crippen LogP contribution in [0.1, 0.15) is 13.8 Å². The fourth-order valence-corrected chi connectivity index (χ4v) is 1.15. The van der Waals surface area contributed by atoms with Gasteiger partial charge < -0.3 is 11.1 Å². The first-order valence-corrected chi connectivity index (χ1v) is 5.10. The third-order valence-corrected chi connectivity index (χ3v) is 2.37. The van der Waals surface area contributed by atoms with E-state index in [9.17, 15) is 0 Å². The van der Waals surface area contributed by atoms with Gasteiger partial charge >= 0.3 is 0 Å². The molecule has 86 valence electrons. The van der Waals surface area contributed by atoms with Gasteiger partial charge in [-0.15, -0.1) is 14.8 Å². The Balaban J connectivity index is 2.09. The lowest BCUT2D eigenvalue weighted by molar-refractivity contribution is 0.405. The van der Waals surface area contributed by atoms with Crippen LogP contribution >= 0.6 is 0 Å². The lowest BCUT2D eigenvalue weighted by Gasteiger charge is -2.22. The van der Waals surface area contributed by atoms with Gasteiger partial charge in [-0.25, -0.2) is 0 Å². The standard InChI is InChI=1S/C9H15N7/c1-9(2,5-10)6-11-7-3-4-8-12-14-15-16(8)13-7/h3-4H,5-6,10H2,1-2H3,(H,11,13). The summed E-state index contributed by atoms with van der Waals surface area (Å²) in [4.78, 5) is 0. The van der Waals surface area contributed by atoms with Crippen LogP contribution < -0.4 is 11.1 Å². The molecule has 0 amide bonds. The maximum Gasteiger partial charge on any atom is 0.200 e. The number of nitrogens with one attached hydrogen (secondary N) is 1. The molecule has 7 heteroatoms. The summed E-state index contributed by atoms with van der Waals surface area (Å²) in [6.45, 7) is 5.56. The molecule has 0 saturated heterocycles. The summed E-state index contributed by atoms with van der Waals surface area (Å²) >= 11 is 0. The Morgan fingerprint density at radius 1 is 1.44 bits per heavy atom. The number of nitrogens with zero attached hydrogens (tertiary/aromatic N) is 5. The molecule has 0 fully saturated rings. The van der Waals surface area contributed by atoms with Crippen molar-refractivity contribution >= 4 is 11.5 Å². The number of anilines is 1. The minimum atomic E-state index is 0.0389. The topological polar surface area (TPSA) is 94.0 Å². The normalized spacial score (nSPS) is 11.9. The van der Waals surface area contributed by atoms with Crippen LogP contribution in [-0.2, 0) is 0 Å². The van der Waals surface area contributed by atoms with Crippen molar-refractivity contribution in [2.45, 2.75) is 13.8 Å². The molecule has 0 saturated carbocycles. The van der Waals surface area contributed by atoms with Crippen molar-refractivity contribution in [2.24, 2.45) is 11.1 Å². The molecule has 2 rings (SSSR count). The molecule has 0 aromatic carbocycles. The summed E-state index contributed by atoms with van der Waals surface area (Å²) in [7, 11) is 0. The largest absolute Gasteiger partial charge is 0.368 e. The van der Waals surface area contributed by atoms with Gasteiger partial charge in [0.05, 0.1) is 0 Å². The van der Waals surface area contributed by atoms with Gasteiger partial charge in [0.2, 0.25) is 0 Å². The average Bonchev–Trinajstić information content (AvgIpc) is 2.73. The van der Waals surface area contributed by atoms with E-state index in [4.69, 9.17) is 5.73 Å². The summed E-state index contributed by atoms with van der Waals surface area (Å²) in [5, 5.41) is 18.4. The summed E-state index contributed by atoms with van der Waals surface area (Å²) < 4.78 is 1.39. The van der Waals surface area contributed by atoms with Crippen molar-refractivity contribution < 1.29 is 0 Å². The van der Waals surface area contributed by atoms with Crippen LogP contribution in [0.3, 0.4) is 0 Å². The first kappa shape index (κ1) is 10.7. The highest BCUT2D eigenvalue weighted by Gasteiger charge is 2.15. The summed E-state index contributed by atoms with van der Waals surface area (Å²) in [6, 6.07) is 3.66. The summed E-state index contributed by atoms with van der Waals surface area (Å²) in [6.07, 6.45) is 0. The first-order valence-electron chi connectivity index (χ1n) is 5.10. The minimum Gasteiger partial charge on any atom is -0.368 e. The van der Waals surface area contributed by atoms with Crippen molar-refractivity contribution in [2.75, 3.05) is 18.4 Å². The SMILES string of the molecule is CC(C)(CN)CNc1ccc2nnnn2n1. The zero-order valence-electron chi connectivity index (χ0n) is 9.38. The van der Waals surface area contributed by atoms with Crippen LogP contribution in [0.5, 0.6) is 0 Å². The van der Waals surface area contributed by atoms with E-state index in [1.165, 1.54) is 4.63 Å². The molecule has 0 unspecified atom stereocenters. The second-order valence-corrected chi connectivity index (χ2v) is 4.47. The number of hydrogen-bond donors (Lipinski definition) is 2. The van der Waals surface area contributed by atoms with E-state index in [-0.39, 0.29) is 5.41 Å². The van der Waals surface area contributed by atoms with Gasteiger partial charge in [-0.2, -0.15) is 0 Å². The Hall–Kier alpha value is -1.76. The second-order valence-electron chi connectivity index (χ2n) is 4.47. The fourth-order valence-electron chi connectivity index (χ4n) is 1.15. The van der Waals surface area contributed by atoms with Crippen molar-refractivity contribution in [1.82, 2.24) is 25.3 Å². The van der Waals surface area contributed by atoms with Gasteiger partial charge in [-0.05, 0) is 34.5 Å². The van der Waals surface area contributed by atoms with Gasteiger partial charge in [0.25, 0.3) is 0 Å². The van der Waals surface area contributed by atoms with Crippen molar-refractivity contribution in [3.8, 4) is 0 Å². The van der Waals surface area contributed by atoms with Crippen LogP contribution in [0.15, 0.2) is 12.1 Å². The Morgan fingerprint density at radius 3 is 3.00 bits per heavy atom. The first-order chi connectivity index (χ1) is 7.61. The molecule has 0 spiro atoms. The molecule has 0 aliphatic carbocycles. The summed E-state index contributed by atoms with van der Waals surface area (Å²) in [5.74, 6) is 0.737. The number of fused-ring (bicyclic) bond motifs is 1. The van der Waals surface area contributed by atoms with E-state index in [0.717, 1.165) is 12.4 Å². The van der Waals surface area contributed by atoms with Crippen LogP contribution in [0.25, 0.3) is 5.65 Å². The highest BCUT2D eigenvalue weighted by atomic mass is 15.6. The molecule has 7 nitrogen and oxygen atoms in total. The second kappa shape index (κ2) is 4.01. The third-order valence-electron chi connectivity index (χ3n) is 2.37. The molecule has 16 heavy (non-hydrogen) atoms. The van der Waals surface area contributed by atoms with Crippen LogP contribution in [0, 0.1) is 5.41 Å². The van der Waals surface area contributed by atoms with E-state index in [2.05, 4.69) is 39.8 Å². The number of nitrogens with two attached hydrogens (primary N) is 1. The quantitative estimate of drug-likeness (QED) is 0.749. The van der Waals surface area contributed by atoms with Gasteiger partial charge in [0, 0.05) is 6.54 Å². The lowest BCUT2D eigenvalue weighted by Crippen LogP contribution is -2.31. The van der Waals surface area contributed by atoms with Crippen LogP contribution in [0.4, 0.5) is 5.82 Å². The Kier molecular flexibility index (Phi) is 2.69. The maximum atomic E-state index is 5.65. The Labute approximate surface area is 93.0 Å². The Morgan fingerprint density at radius 2 is 2.25 bits per heavy atom. The van der Waals surface area contributed by atoms with Crippen molar-refractivity contribution in [3.63, 3.8) is 0 Å². The van der Waals surface area contributed by atoms with Gasteiger partial charge in [0.15, 0.2) is 5.65 Å². The molecular formula is C9H15N7. The van der Waals surface area contributed by atoms with Crippen LogP contribution in [0.2, 0.25) is 0 Å².